The molecular weight excluding hydrogens is 488 g/mol. The summed E-state index contributed by atoms with van der Waals surface area (Å²) in [6, 6.07) is 9.02. The SMILES string of the molecule is C[C@@H](n1ccc2nc(-c3ccc([N+](=O)[O-])cc3)cn2c1=O)C(O)(Cn1cncn1)c1ccc(F)cc1F. The molecule has 0 aliphatic heterocycles. The lowest BCUT2D eigenvalue weighted by molar-refractivity contribution is -0.384. The molecule has 0 aliphatic carbocycles. The van der Waals surface area contributed by atoms with E-state index in [0.29, 0.717) is 23.0 Å². The number of fused-ring (bicyclic) bond motifs is 1. The number of rotatable bonds is 7. The number of imidazole rings is 1. The van der Waals surface area contributed by atoms with Crippen LogP contribution in [0.2, 0.25) is 0 Å². The second-order valence-electron chi connectivity index (χ2n) is 8.48. The van der Waals surface area contributed by atoms with E-state index in [2.05, 4.69) is 15.1 Å². The molecular formula is C24H19F2N7O4. The van der Waals surface area contributed by atoms with Gasteiger partial charge in [0.25, 0.3) is 5.69 Å². The van der Waals surface area contributed by atoms with Gasteiger partial charge in [-0.2, -0.15) is 5.10 Å². The molecule has 0 aliphatic rings. The molecule has 3 aromatic heterocycles. The highest BCUT2D eigenvalue weighted by Crippen LogP contribution is 2.36. The molecule has 0 saturated heterocycles. The molecule has 11 nitrogen and oxygen atoms in total. The highest BCUT2D eigenvalue weighted by Gasteiger charge is 2.41. The van der Waals surface area contributed by atoms with Crippen LogP contribution in [0.25, 0.3) is 16.9 Å². The molecule has 0 amide bonds. The van der Waals surface area contributed by atoms with Gasteiger partial charge in [0.1, 0.15) is 35.5 Å². The molecule has 37 heavy (non-hydrogen) atoms. The molecule has 2 aromatic carbocycles. The van der Waals surface area contributed by atoms with Crippen molar-refractivity contribution in [3.63, 3.8) is 0 Å². The Morgan fingerprint density at radius 2 is 1.92 bits per heavy atom. The zero-order valence-electron chi connectivity index (χ0n) is 19.3. The van der Waals surface area contributed by atoms with Crippen molar-refractivity contribution in [1.82, 2.24) is 28.7 Å². The normalized spacial score (nSPS) is 13.9. The topological polar surface area (TPSA) is 133 Å². The van der Waals surface area contributed by atoms with Gasteiger partial charge in [-0.3, -0.25) is 19.1 Å². The third-order valence-electron chi connectivity index (χ3n) is 6.29. The van der Waals surface area contributed by atoms with E-state index in [4.69, 9.17) is 0 Å². The number of nitrogens with zero attached hydrogens (tertiary/aromatic N) is 7. The van der Waals surface area contributed by atoms with Gasteiger partial charge in [0.05, 0.1) is 23.2 Å². The van der Waals surface area contributed by atoms with Gasteiger partial charge < -0.3 is 5.11 Å². The molecule has 0 radical (unpaired) electrons. The van der Waals surface area contributed by atoms with E-state index >= 15 is 0 Å². The number of aliphatic hydroxyl groups is 1. The first-order valence-electron chi connectivity index (χ1n) is 11.0. The van der Waals surface area contributed by atoms with Crippen LogP contribution >= 0.6 is 0 Å². The first-order chi connectivity index (χ1) is 17.7. The highest BCUT2D eigenvalue weighted by atomic mass is 19.1. The lowest BCUT2D eigenvalue weighted by Gasteiger charge is -2.35. The summed E-state index contributed by atoms with van der Waals surface area (Å²) < 4.78 is 32.3. The second kappa shape index (κ2) is 9.02. The maximum atomic E-state index is 14.9. The summed E-state index contributed by atoms with van der Waals surface area (Å²) in [7, 11) is 0. The lowest BCUT2D eigenvalue weighted by Crippen LogP contribution is -2.44. The zero-order chi connectivity index (χ0) is 26.3. The van der Waals surface area contributed by atoms with Crippen molar-refractivity contribution in [2.75, 3.05) is 0 Å². The maximum absolute atomic E-state index is 14.9. The molecule has 1 unspecified atom stereocenters. The van der Waals surface area contributed by atoms with Gasteiger partial charge in [-0.1, -0.05) is 6.07 Å². The minimum atomic E-state index is -2.04. The molecule has 1 N–H and O–H groups in total. The van der Waals surface area contributed by atoms with Crippen molar-refractivity contribution in [2.24, 2.45) is 0 Å². The van der Waals surface area contributed by atoms with Crippen LogP contribution in [0.15, 0.2) is 78.4 Å². The smallest absolute Gasteiger partial charge is 0.334 e. The fourth-order valence-corrected chi connectivity index (χ4v) is 4.26. The Morgan fingerprint density at radius 1 is 1.16 bits per heavy atom. The summed E-state index contributed by atoms with van der Waals surface area (Å²) in [4.78, 5) is 32.1. The number of aromatic nitrogens is 6. The molecule has 0 spiro atoms. The molecule has 3 heterocycles. The predicted octanol–water partition coefficient (Wildman–Crippen LogP) is 3.09. The number of nitro groups is 1. The van der Waals surface area contributed by atoms with Crippen molar-refractivity contribution in [2.45, 2.75) is 25.1 Å². The Kier molecular flexibility index (Phi) is 5.84. The standard InChI is InChI=1S/C24H19F2N7O4/c1-15(24(35,12-30-14-27-13-28-30)19-7-4-17(25)10-20(19)26)31-9-8-22-29-21(11-32(22)23(31)34)16-2-5-18(6-3-16)33(36)37/h2-11,13-15,35H,12H2,1H3/t15-,24?/m1/s1. The van der Waals surface area contributed by atoms with Crippen LogP contribution in [-0.2, 0) is 12.1 Å². The Bertz CT molecular complexity index is 1670. The van der Waals surface area contributed by atoms with Crippen LogP contribution in [0.3, 0.4) is 0 Å². The van der Waals surface area contributed by atoms with Gasteiger partial charge >= 0.3 is 5.69 Å². The quantitative estimate of drug-likeness (QED) is 0.264. The number of benzene rings is 2. The molecule has 5 rings (SSSR count). The Balaban J connectivity index is 1.59. The summed E-state index contributed by atoms with van der Waals surface area (Å²) in [6.07, 6.45) is 5.46. The van der Waals surface area contributed by atoms with Crippen molar-refractivity contribution < 1.29 is 18.8 Å². The maximum Gasteiger partial charge on any atom is 0.334 e. The van der Waals surface area contributed by atoms with E-state index in [1.54, 1.807) is 6.07 Å². The van der Waals surface area contributed by atoms with E-state index in [-0.39, 0.29) is 17.8 Å². The van der Waals surface area contributed by atoms with Gasteiger partial charge in [0.2, 0.25) is 0 Å². The van der Waals surface area contributed by atoms with E-state index in [9.17, 15) is 28.8 Å². The van der Waals surface area contributed by atoms with Crippen LogP contribution < -0.4 is 5.69 Å². The summed E-state index contributed by atoms with van der Waals surface area (Å²) in [5.74, 6) is -1.79. The largest absolute Gasteiger partial charge is 0.381 e. The highest BCUT2D eigenvalue weighted by molar-refractivity contribution is 5.63. The Hall–Kier alpha value is -4.78. The van der Waals surface area contributed by atoms with E-state index < -0.39 is 33.9 Å². The molecule has 0 saturated carbocycles. The summed E-state index contributed by atoms with van der Waals surface area (Å²) in [5, 5.41) is 26.7. The van der Waals surface area contributed by atoms with E-state index in [1.165, 1.54) is 69.9 Å². The first-order valence-corrected chi connectivity index (χ1v) is 11.0. The molecule has 0 fully saturated rings. The van der Waals surface area contributed by atoms with Crippen LogP contribution in [0.5, 0.6) is 0 Å². The van der Waals surface area contributed by atoms with Gasteiger partial charge in [0, 0.05) is 41.7 Å². The van der Waals surface area contributed by atoms with Gasteiger partial charge in [-0.25, -0.2) is 28.2 Å². The van der Waals surface area contributed by atoms with Crippen molar-refractivity contribution in [1.29, 1.82) is 0 Å². The third kappa shape index (κ3) is 4.25. The fourth-order valence-electron chi connectivity index (χ4n) is 4.26. The molecule has 5 aromatic rings. The van der Waals surface area contributed by atoms with Crippen molar-refractivity contribution >= 4 is 11.3 Å². The average Bonchev–Trinajstić information content (AvgIpc) is 3.54. The van der Waals surface area contributed by atoms with Crippen LogP contribution in [0, 0.1) is 21.7 Å². The molecule has 13 heteroatoms. The second-order valence-corrected chi connectivity index (χ2v) is 8.48. The summed E-state index contributed by atoms with van der Waals surface area (Å²) in [6.45, 7) is 1.25. The Labute approximate surface area is 207 Å². The van der Waals surface area contributed by atoms with Crippen molar-refractivity contribution in [3.8, 4) is 11.3 Å². The number of nitro benzene ring substituents is 1. The molecule has 0 bridgehead atoms. The van der Waals surface area contributed by atoms with Gasteiger partial charge in [0.15, 0.2) is 0 Å². The summed E-state index contributed by atoms with van der Waals surface area (Å²) >= 11 is 0. The van der Waals surface area contributed by atoms with Gasteiger partial charge in [-0.05, 0) is 31.2 Å². The van der Waals surface area contributed by atoms with Crippen LogP contribution in [0.4, 0.5) is 14.5 Å². The van der Waals surface area contributed by atoms with E-state index in [0.717, 1.165) is 12.1 Å². The number of hydrogen-bond donors (Lipinski definition) is 1. The van der Waals surface area contributed by atoms with E-state index in [1.807, 2.05) is 0 Å². The number of hydrogen-bond acceptors (Lipinski definition) is 7. The fraction of sp³-hybridized carbons (Fsp3) is 0.167. The minimum absolute atomic E-state index is 0.0802. The van der Waals surface area contributed by atoms with Crippen LogP contribution in [-0.4, -0.2) is 38.7 Å². The average molecular weight is 507 g/mol. The Morgan fingerprint density at radius 3 is 2.57 bits per heavy atom. The van der Waals surface area contributed by atoms with Gasteiger partial charge in [-0.15, -0.1) is 0 Å². The zero-order valence-corrected chi connectivity index (χ0v) is 19.3. The first kappa shape index (κ1) is 23.9. The molecule has 188 valence electrons. The third-order valence-corrected chi connectivity index (χ3v) is 6.29. The lowest BCUT2D eigenvalue weighted by atomic mass is 9.86. The predicted molar refractivity (Wildman–Crippen MR) is 127 cm³/mol. The van der Waals surface area contributed by atoms with Crippen molar-refractivity contribution in [3.05, 3.63) is 111 Å². The minimum Gasteiger partial charge on any atom is -0.381 e. The monoisotopic (exact) mass is 507 g/mol. The van der Waals surface area contributed by atoms with Crippen LogP contribution in [0.1, 0.15) is 18.5 Å². The molecule has 2 atom stereocenters. The number of halogens is 2. The number of non-ortho nitro benzene ring substituents is 1. The summed E-state index contributed by atoms with van der Waals surface area (Å²) in [5.41, 5.74) is -1.65.